The lowest BCUT2D eigenvalue weighted by Gasteiger charge is -2.32. The van der Waals surface area contributed by atoms with Crippen molar-refractivity contribution < 1.29 is 23.8 Å². The SMILES string of the molecule is CCN1CCOC(=O)C1CC(=O)Nc1cc(OC)cc(OC)c1. The number of carbonyl (C=O) groups excluding carboxylic acids is 2. The molecular formula is C16H22N2O5. The van der Waals surface area contributed by atoms with Crippen LogP contribution in [-0.2, 0) is 14.3 Å². The quantitative estimate of drug-likeness (QED) is 0.795. The van der Waals surface area contributed by atoms with Crippen LogP contribution in [0.15, 0.2) is 18.2 Å². The molecule has 1 atom stereocenters. The first-order chi connectivity index (χ1) is 11.1. The van der Waals surface area contributed by atoms with E-state index in [1.165, 1.54) is 14.2 Å². The Bertz CT molecular complexity index is 553. The average Bonchev–Trinajstić information content (AvgIpc) is 2.56. The highest BCUT2D eigenvalue weighted by molar-refractivity contribution is 5.94. The number of esters is 1. The number of hydrogen-bond donors (Lipinski definition) is 1. The van der Waals surface area contributed by atoms with Gasteiger partial charge in [-0.3, -0.25) is 14.5 Å². The molecule has 23 heavy (non-hydrogen) atoms. The first kappa shape index (κ1) is 17.1. The van der Waals surface area contributed by atoms with Gasteiger partial charge in [-0.25, -0.2) is 0 Å². The van der Waals surface area contributed by atoms with Crippen LogP contribution in [0.1, 0.15) is 13.3 Å². The minimum Gasteiger partial charge on any atom is -0.497 e. The lowest BCUT2D eigenvalue weighted by molar-refractivity contribution is -0.158. The summed E-state index contributed by atoms with van der Waals surface area (Å²) in [5.41, 5.74) is 0.554. The summed E-state index contributed by atoms with van der Waals surface area (Å²) < 4.78 is 15.4. The zero-order chi connectivity index (χ0) is 16.8. The molecule has 0 saturated carbocycles. The highest BCUT2D eigenvalue weighted by Gasteiger charge is 2.32. The van der Waals surface area contributed by atoms with E-state index in [1.54, 1.807) is 18.2 Å². The van der Waals surface area contributed by atoms with E-state index in [1.807, 2.05) is 11.8 Å². The number of nitrogens with zero attached hydrogens (tertiary/aromatic N) is 1. The molecule has 1 fully saturated rings. The predicted octanol–water partition coefficient (Wildman–Crippen LogP) is 1.28. The maximum Gasteiger partial charge on any atom is 0.323 e. The van der Waals surface area contributed by atoms with Gasteiger partial charge in [-0.2, -0.15) is 0 Å². The Morgan fingerprint density at radius 2 is 1.96 bits per heavy atom. The Morgan fingerprint density at radius 1 is 1.30 bits per heavy atom. The molecule has 1 aliphatic heterocycles. The number of rotatable bonds is 6. The molecule has 7 heteroatoms. The number of ether oxygens (including phenoxy) is 3. The fraction of sp³-hybridized carbons (Fsp3) is 0.500. The second-order valence-corrected chi connectivity index (χ2v) is 5.17. The van der Waals surface area contributed by atoms with E-state index >= 15 is 0 Å². The monoisotopic (exact) mass is 322 g/mol. The number of cyclic esters (lactones) is 1. The topological polar surface area (TPSA) is 77.1 Å². The number of morpholine rings is 1. The standard InChI is InChI=1S/C16H22N2O5/c1-4-18-5-6-23-16(20)14(18)10-15(19)17-11-7-12(21-2)9-13(8-11)22-3/h7-9,14H,4-6,10H2,1-3H3,(H,17,19). The van der Waals surface area contributed by atoms with Crippen LogP contribution in [0.2, 0.25) is 0 Å². The van der Waals surface area contributed by atoms with Crippen LogP contribution in [0.5, 0.6) is 11.5 Å². The van der Waals surface area contributed by atoms with E-state index in [9.17, 15) is 9.59 Å². The molecule has 0 radical (unpaired) electrons. The van der Waals surface area contributed by atoms with Crippen LogP contribution in [0, 0.1) is 0 Å². The van der Waals surface area contributed by atoms with E-state index in [0.29, 0.717) is 36.9 Å². The molecular weight excluding hydrogens is 300 g/mol. The van der Waals surface area contributed by atoms with Gasteiger partial charge in [0.15, 0.2) is 0 Å². The van der Waals surface area contributed by atoms with Gasteiger partial charge >= 0.3 is 5.97 Å². The van der Waals surface area contributed by atoms with Crippen molar-refractivity contribution in [2.75, 3.05) is 39.2 Å². The number of amides is 1. The van der Waals surface area contributed by atoms with Gasteiger partial charge in [-0.05, 0) is 6.54 Å². The summed E-state index contributed by atoms with van der Waals surface area (Å²) in [6.07, 6.45) is 0.0478. The number of hydrogen-bond acceptors (Lipinski definition) is 6. The van der Waals surface area contributed by atoms with Crippen molar-refractivity contribution in [2.45, 2.75) is 19.4 Å². The third kappa shape index (κ3) is 4.35. The van der Waals surface area contributed by atoms with E-state index < -0.39 is 6.04 Å². The highest BCUT2D eigenvalue weighted by atomic mass is 16.5. The molecule has 0 bridgehead atoms. The zero-order valence-corrected chi connectivity index (χ0v) is 13.6. The van der Waals surface area contributed by atoms with E-state index in [0.717, 1.165) is 0 Å². The first-order valence-electron chi connectivity index (χ1n) is 7.51. The minimum absolute atomic E-state index is 0.0478. The summed E-state index contributed by atoms with van der Waals surface area (Å²) in [4.78, 5) is 26.1. The maximum atomic E-state index is 12.3. The van der Waals surface area contributed by atoms with Gasteiger partial charge in [-0.15, -0.1) is 0 Å². The molecule has 1 aromatic rings. The highest BCUT2D eigenvalue weighted by Crippen LogP contribution is 2.26. The Labute approximate surface area is 135 Å². The molecule has 0 aliphatic carbocycles. The molecule has 7 nitrogen and oxygen atoms in total. The van der Waals surface area contributed by atoms with Crippen molar-refractivity contribution in [3.05, 3.63) is 18.2 Å². The van der Waals surface area contributed by atoms with Crippen LogP contribution in [0.4, 0.5) is 5.69 Å². The zero-order valence-electron chi connectivity index (χ0n) is 13.6. The molecule has 1 heterocycles. The Balaban J connectivity index is 2.05. The second kappa shape index (κ2) is 7.82. The molecule has 2 rings (SSSR count). The van der Waals surface area contributed by atoms with Gasteiger partial charge in [0.05, 0.1) is 20.6 Å². The van der Waals surface area contributed by atoms with Crippen molar-refractivity contribution in [3.8, 4) is 11.5 Å². The van der Waals surface area contributed by atoms with Crippen molar-refractivity contribution in [3.63, 3.8) is 0 Å². The number of methoxy groups -OCH3 is 2. The van der Waals surface area contributed by atoms with Crippen LogP contribution in [0.25, 0.3) is 0 Å². The Morgan fingerprint density at radius 3 is 2.52 bits per heavy atom. The van der Waals surface area contributed by atoms with E-state index in [2.05, 4.69) is 5.32 Å². The Kier molecular flexibility index (Phi) is 5.81. The van der Waals surface area contributed by atoms with Gasteiger partial charge in [0.1, 0.15) is 24.1 Å². The van der Waals surface area contributed by atoms with Crippen LogP contribution >= 0.6 is 0 Å². The van der Waals surface area contributed by atoms with Crippen molar-refractivity contribution in [1.29, 1.82) is 0 Å². The summed E-state index contributed by atoms with van der Waals surface area (Å²) in [7, 11) is 3.08. The summed E-state index contributed by atoms with van der Waals surface area (Å²) in [6.45, 7) is 3.67. The van der Waals surface area contributed by atoms with Gasteiger partial charge < -0.3 is 19.5 Å². The molecule has 126 valence electrons. The fourth-order valence-corrected chi connectivity index (χ4v) is 2.52. The number of likely N-dealkylation sites (N-methyl/N-ethyl adjacent to an activating group) is 1. The summed E-state index contributed by atoms with van der Waals surface area (Å²) >= 11 is 0. The third-order valence-corrected chi connectivity index (χ3v) is 3.76. The molecule has 1 unspecified atom stereocenters. The van der Waals surface area contributed by atoms with Gasteiger partial charge in [0.2, 0.25) is 5.91 Å². The van der Waals surface area contributed by atoms with E-state index in [-0.39, 0.29) is 18.3 Å². The predicted molar refractivity (Wildman–Crippen MR) is 84.8 cm³/mol. The molecule has 0 spiro atoms. The summed E-state index contributed by atoms with van der Waals surface area (Å²) in [6, 6.07) is 4.56. The lowest BCUT2D eigenvalue weighted by atomic mass is 10.1. The number of benzene rings is 1. The van der Waals surface area contributed by atoms with Gasteiger partial charge in [0.25, 0.3) is 0 Å². The largest absolute Gasteiger partial charge is 0.497 e. The third-order valence-electron chi connectivity index (χ3n) is 3.76. The Hall–Kier alpha value is -2.28. The van der Waals surface area contributed by atoms with Crippen molar-refractivity contribution >= 4 is 17.6 Å². The lowest BCUT2D eigenvalue weighted by Crippen LogP contribution is -2.50. The summed E-state index contributed by atoms with van der Waals surface area (Å²) in [5, 5.41) is 2.77. The minimum atomic E-state index is -0.541. The molecule has 1 N–H and O–H groups in total. The van der Waals surface area contributed by atoms with E-state index in [4.69, 9.17) is 14.2 Å². The number of carbonyl (C=O) groups is 2. The molecule has 1 aromatic carbocycles. The molecule has 0 aromatic heterocycles. The van der Waals surface area contributed by atoms with Gasteiger partial charge in [0, 0.05) is 30.4 Å². The molecule has 1 amide bonds. The fourth-order valence-electron chi connectivity index (χ4n) is 2.52. The van der Waals surface area contributed by atoms with Crippen LogP contribution < -0.4 is 14.8 Å². The molecule has 1 saturated heterocycles. The number of nitrogens with one attached hydrogen (secondary N) is 1. The average molecular weight is 322 g/mol. The van der Waals surface area contributed by atoms with Crippen LogP contribution in [-0.4, -0.2) is 56.7 Å². The van der Waals surface area contributed by atoms with Crippen LogP contribution in [0.3, 0.4) is 0 Å². The maximum absolute atomic E-state index is 12.3. The smallest absolute Gasteiger partial charge is 0.323 e. The molecule has 1 aliphatic rings. The van der Waals surface area contributed by atoms with Gasteiger partial charge in [-0.1, -0.05) is 6.92 Å². The number of anilines is 1. The second-order valence-electron chi connectivity index (χ2n) is 5.17. The first-order valence-corrected chi connectivity index (χ1v) is 7.51. The normalized spacial score (nSPS) is 18.2. The van der Waals surface area contributed by atoms with Crippen molar-refractivity contribution in [2.24, 2.45) is 0 Å². The van der Waals surface area contributed by atoms with Crippen molar-refractivity contribution in [1.82, 2.24) is 4.90 Å². The summed E-state index contributed by atoms with van der Waals surface area (Å²) in [5.74, 6) is 0.540.